The number of nitrogens with one attached hydrogen (secondary N) is 2. The third-order valence-corrected chi connectivity index (χ3v) is 3.30. The summed E-state index contributed by atoms with van der Waals surface area (Å²) in [6.07, 6.45) is 2.12. The minimum absolute atomic E-state index is 0.0169. The molecule has 0 radical (unpaired) electrons. The van der Waals surface area contributed by atoms with Crippen molar-refractivity contribution in [3.05, 3.63) is 34.9 Å². The molecule has 1 aliphatic heterocycles. The maximum Gasteiger partial charge on any atom is 0.251 e. The van der Waals surface area contributed by atoms with Crippen molar-refractivity contribution >= 4 is 11.8 Å². The van der Waals surface area contributed by atoms with Crippen LogP contribution in [0.4, 0.5) is 0 Å². The maximum absolute atomic E-state index is 12.2. The fraction of sp³-hybridized carbons (Fsp3) is 0.467. The van der Waals surface area contributed by atoms with E-state index in [9.17, 15) is 9.59 Å². The molecule has 1 heterocycles. The summed E-state index contributed by atoms with van der Waals surface area (Å²) in [6, 6.07) is 5.73. The van der Waals surface area contributed by atoms with E-state index in [2.05, 4.69) is 10.6 Å². The zero-order valence-corrected chi connectivity index (χ0v) is 11.5. The number of amides is 2. The molecular formula is C15H20N2O2. The minimum atomic E-state index is -0.0912. The average Bonchev–Trinajstić information content (AvgIpc) is 2.52. The van der Waals surface area contributed by atoms with Gasteiger partial charge in [-0.05, 0) is 38.8 Å². The van der Waals surface area contributed by atoms with Crippen molar-refractivity contribution < 1.29 is 9.59 Å². The maximum atomic E-state index is 12.2. The summed E-state index contributed by atoms with van der Waals surface area (Å²) < 4.78 is 0. The van der Waals surface area contributed by atoms with E-state index < -0.39 is 0 Å². The zero-order chi connectivity index (χ0) is 13.8. The summed E-state index contributed by atoms with van der Waals surface area (Å²) in [5, 5.41) is 5.78. The van der Waals surface area contributed by atoms with E-state index in [4.69, 9.17) is 0 Å². The molecule has 4 nitrogen and oxygen atoms in total. The number of carbonyl (C=O) groups is 2. The van der Waals surface area contributed by atoms with Crippen LogP contribution in [-0.2, 0) is 4.79 Å². The molecule has 0 spiro atoms. The highest BCUT2D eigenvalue weighted by molar-refractivity contribution is 5.95. The van der Waals surface area contributed by atoms with Gasteiger partial charge in [0.05, 0.1) is 0 Å². The van der Waals surface area contributed by atoms with Gasteiger partial charge in [0.2, 0.25) is 5.91 Å². The molecule has 1 atom stereocenters. The molecule has 2 rings (SSSR count). The summed E-state index contributed by atoms with van der Waals surface area (Å²) in [5.74, 6) is -0.0743. The topological polar surface area (TPSA) is 58.2 Å². The van der Waals surface area contributed by atoms with Gasteiger partial charge in [0.25, 0.3) is 5.91 Å². The van der Waals surface area contributed by atoms with Crippen molar-refractivity contribution in [2.75, 3.05) is 6.54 Å². The average molecular weight is 260 g/mol. The molecule has 1 unspecified atom stereocenters. The summed E-state index contributed by atoms with van der Waals surface area (Å²) in [5.41, 5.74) is 2.81. The number of hydrogen-bond donors (Lipinski definition) is 2. The van der Waals surface area contributed by atoms with E-state index in [0.29, 0.717) is 18.5 Å². The van der Waals surface area contributed by atoms with E-state index in [1.54, 1.807) is 0 Å². The quantitative estimate of drug-likeness (QED) is 0.850. The number of rotatable bonds is 2. The molecule has 1 aromatic rings. The number of benzene rings is 1. The number of carbonyl (C=O) groups excluding carboxylic acids is 2. The summed E-state index contributed by atoms with van der Waals surface area (Å²) in [6.45, 7) is 4.65. The first kappa shape index (κ1) is 13.6. The monoisotopic (exact) mass is 260 g/mol. The van der Waals surface area contributed by atoms with E-state index in [1.807, 2.05) is 32.0 Å². The molecule has 0 aromatic heterocycles. The van der Waals surface area contributed by atoms with Gasteiger partial charge < -0.3 is 10.6 Å². The van der Waals surface area contributed by atoms with Crippen LogP contribution in [0.5, 0.6) is 0 Å². The van der Waals surface area contributed by atoms with Crippen LogP contribution < -0.4 is 10.6 Å². The van der Waals surface area contributed by atoms with Crippen molar-refractivity contribution in [1.82, 2.24) is 10.6 Å². The Kier molecular flexibility index (Phi) is 4.20. The van der Waals surface area contributed by atoms with Gasteiger partial charge in [0.1, 0.15) is 0 Å². The van der Waals surface area contributed by atoms with Crippen LogP contribution >= 0.6 is 0 Å². The molecule has 2 amide bonds. The van der Waals surface area contributed by atoms with Gasteiger partial charge in [-0.2, -0.15) is 0 Å². The van der Waals surface area contributed by atoms with Gasteiger partial charge in [0, 0.05) is 24.6 Å². The standard InChI is InChI=1S/C15H20N2O2/c1-10-6-11(2)8-12(7-10)15(19)17-13-4-3-5-16-14(18)9-13/h6-8,13H,3-5,9H2,1-2H3,(H,16,18)(H,17,19). The second-order valence-corrected chi connectivity index (χ2v) is 5.24. The number of aryl methyl sites for hydroxylation is 2. The summed E-state index contributed by atoms with van der Waals surface area (Å²) in [4.78, 5) is 23.7. The predicted molar refractivity (Wildman–Crippen MR) is 74.0 cm³/mol. The highest BCUT2D eigenvalue weighted by atomic mass is 16.2. The van der Waals surface area contributed by atoms with Crippen LogP contribution in [0.1, 0.15) is 40.7 Å². The molecule has 102 valence electrons. The van der Waals surface area contributed by atoms with E-state index in [1.165, 1.54) is 0 Å². The van der Waals surface area contributed by atoms with Gasteiger partial charge in [-0.1, -0.05) is 17.2 Å². The van der Waals surface area contributed by atoms with Crippen molar-refractivity contribution in [1.29, 1.82) is 0 Å². The van der Waals surface area contributed by atoms with Crippen molar-refractivity contribution in [2.24, 2.45) is 0 Å². The van der Waals surface area contributed by atoms with Crippen molar-refractivity contribution in [3.63, 3.8) is 0 Å². The van der Waals surface area contributed by atoms with E-state index in [-0.39, 0.29) is 17.9 Å². The molecule has 1 fully saturated rings. The molecule has 1 aliphatic rings. The Morgan fingerprint density at radius 1 is 1.26 bits per heavy atom. The van der Waals surface area contributed by atoms with Crippen LogP contribution in [0.3, 0.4) is 0 Å². The molecule has 2 N–H and O–H groups in total. The Bertz CT molecular complexity index is 477. The zero-order valence-electron chi connectivity index (χ0n) is 11.5. The molecule has 19 heavy (non-hydrogen) atoms. The lowest BCUT2D eigenvalue weighted by atomic mass is 10.1. The van der Waals surface area contributed by atoms with Crippen molar-refractivity contribution in [2.45, 2.75) is 39.2 Å². The van der Waals surface area contributed by atoms with Gasteiger partial charge >= 0.3 is 0 Å². The second kappa shape index (κ2) is 5.87. The van der Waals surface area contributed by atoms with Crippen LogP contribution in [0.25, 0.3) is 0 Å². The lowest BCUT2D eigenvalue weighted by Gasteiger charge is -2.15. The molecule has 0 saturated carbocycles. The minimum Gasteiger partial charge on any atom is -0.356 e. The van der Waals surface area contributed by atoms with Crippen LogP contribution in [0.2, 0.25) is 0 Å². The highest BCUT2D eigenvalue weighted by Crippen LogP contribution is 2.11. The van der Waals surface area contributed by atoms with Crippen LogP contribution in [0, 0.1) is 13.8 Å². The van der Waals surface area contributed by atoms with Crippen LogP contribution in [-0.4, -0.2) is 24.4 Å². The smallest absolute Gasteiger partial charge is 0.251 e. The molecule has 4 heteroatoms. The fourth-order valence-corrected chi connectivity index (χ4v) is 2.47. The molecule has 1 aromatic carbocycles. The first-order valence-electron chi connectivity index (χ1n) is 6.70. The fourth-order valence-electron chi connectivity index (χ4n) is 2.47. The van der Waals surface area contributed by atoms with Gasteiger partial charge in [-0.25, -0.2) is 0 Å². The molecule has 0 bridgehead atoms. The Morgan fingerprint density at radius 2 is 1.95 bits per heavy atom. The van der Waals surface area contributed by atoms with E-state index in [0.717, 1.165) is 24.0 Å². The third-order valence-electron chi connectivity index (χ3n) is 3.30. The normalized spacial score (nSPS) is 19.5. The SMILES string of the molecule is Cc1cc(C)cc(C(=O)NC2CCCNC(=O)C2)c1. The highest BCUT2D eigenvalue weighted by Gasteiger charge is 2.19. The lowest BCUT2D eigenvalue weighted by molar-refractivity contribution is -0.121. The second-order valence-electron chi connectivity index (χ2n) is 5.24. The van der Waals surface area contributed by atoms with Crippen LogP contribution in [0.15, 0.2) is 18.2 Å². The Balaban J connectivity index is 2.05. The summed E-state index contributed by atoms with van der Waals surface area (Å²) in [7, 11) is 0. The van der Waals surface area contributed by atoms with E-state index >= 15 is 0 Å². The van der Waals surface area contributed by atoms with Gasteiger partial charge in [-0.15, -0.1) is 0 Å². The largest absolute Gasteiger partial charge is 0.356 e. The Morgan fingerprint density at radius 3 is 2.63 bits per heavy atom. The first-order valence-corrected chi connectivity index (χ1v) is 6.70. The first-order chi connectivity index (χ1) is 9.04. The Labute approximate surface area is 113 Å². The molecule has 0 aliphatic carbocycles. The predicted octanol–water partition coefficient (Wildman–Crippen LogP) is 1.70. The lowest BCUT2D eigenvalue weighted by Crippen LogP contribution is -2.36. The van der Waals surface area contributed by atoms with Gasteiger partial charge in [-0.3, -0.25) is 9.59 Å². The summed E-state index contributed by atoms with van der Waals surface area (Å²) >= 11 is 0. The number of hydrogen-bond acceptors (Lipinski definition) is 2. The molecule has 1 saturated heterocycles. The Hall–Kier alpha value is -1.84. The van der Waals surface area contributed by atoms with Gasteiger partial charge in [0.15, 0.2) is 0 Å². The third kappa shape index (κ3) is 3.81. The molecular weight excluding hydrogens is 240 g/mol. The van der Waals surface area contributed by atoms with Crippen molar-refractivity contribution in [3.8, 4) is 0 Å².